The number of benzene rings is 1. The van der Waals surface area contributed by atoms with Crippen LogP contribution in [0.3, 0.4) is 0 Å². The van der Waals surface area contributed by atoms with E-state index in [1.54, 1.807) is 7.11 Å². The summed E-state index contributed by atoms with van der Waals surface area (Å²) in [6, 6.07) is 3.80. The highest BCUT2D eigenvalue weighted by Gasteiger charge is 2.11. The van der Waals surface area contributed by atoms with E-state index < -0.39 is 0 Å². The zero-order chi connectivity index (χ0) is 12.8. The van der Waals surface area contributed by atoms with Gasteiger partial charge in [0, 0.05) is 25.2 Å². The fourth-order valence-electron chi connectivity index (χ4n) is 1.84. The summed E-state index contributed by atoms with van der Waals surface area (Å²) in [5.41, 5.74) is 2.03. The Bertz CT molecular complexity index is 369. The van der Waals surface area contributed by atoms with Gasteiger partial charge in [0.2, 0.25) is 0 Å². The Morgan fingerprint density at radius 1 is 1.35 bits per heavy atom. The van der Waals surface area contributed by atoms with E-state index in [0.29, 0.717) is 5.02 Å². The molecule has 0 spiro atoms. The highest BCUT2D eigenvalue weighted by Crippen LogP contribution is 2.34. The maximum absolute atomic E-state index is 8.77. The van der Waals surface area contributed by atoms with Crippen LogP contribution in [0, 0.1) is 6.92 Å². The summed E-state index contributed by atoms with van der Waals surface area (Å²) in [5, 5.41) is 9.49. The molecule has 0 radical (unpaired) electrons. The highest BCUT2D eigenvalue weighted by molar-refractivity contribution is 6.31. The van der Waals surface area contributed by atoms with Gasteiger partial charge in [-0.2, -0.15) is 0 Å². The van der Waals surface area contributed by atoms with Crippen molar-refractivity contribution in [3.8, 4) is 5.75 Å². The van der Waals surface area contributed by atoms with Gasteiger partial charge < -0.3 is 14.7 Å². The van der Waals surface area contributed by atoms with Gasteiger partial charge in [-0.15, -0.1) is 0 Å². The van der Waals surface area contributed by atoms with Crippen molar-refractivity contribution in [2.75, 3.05) is 32.2 Å². The molecule has 0 aliphatic rings. The topological polar surface area (TPSA) is 32.7 Å². The Hall–Kier alpha value is -0.930. The van der Waals surface area contributed by atoms with Gasteiger partial charge in [0.25, 0.3) is 0 Å². The van der Waals surface area contributed by atoms with Gasteiger partial charge in [-0.1, -0.05) is 11.6 Å². The average Bonchev–Trinajstić information content (AvgIpc) is 2.28. The first kappa shape index (κ1) is 14.1. The molecule has 0 amide bonds. The van der Waals surface area contributed by atoms with Gasteiger partial charge in [-0.05, 0) is 37.5 Å². The Balaban J connectivity index is 2.87. The minimum atomic E-state index is 0.236. The Morgan fingerprint density at radius 2 is 2.06 bits per heavy atom. The molecular weight excluding hydrogens is 238 g/mol. The van der Waals surface area contributed by atoms with Crippen molar-refractivity contribution in [1.82, 2.24) is 0 Å². The minimum absolute atomic E-state index is 0.236. The van der Waals surface area contributed by atoms with Crippen molar-refractivity contribution < 1.29 is 9.84 Å². The SMILES string of the molecule is COc1c(C)cc(Cl)cc1N(C)CCCCO. The predicted molar refractivity (Wildman–Crippen MR) is 72.3 cm³/mol. The number of halogens is 1. The molecule has 1 aromatic rings. The van der Waals surface area contributed by atoms with E-state index in [4.69, 9.17) is 21.4 Å². The molecule has 4 heteroatoms. The number of methoxy groups -OCH3 is 1. The van der Waals surface area contributed by atoms with E-state index >= 15 is 0 Å². The van der Waals surface area contributed by atoms with E-state index in [9.17, 15) is 0 Å². The molecule has 1 aromatic carbocycles. The molecular formula is C13H20ClNO2. The molecule has 0 aliphatic heterocycles. The Morgan fingerprint density at radius 3 is 2.65 bits per heavy atom. The van der Waals surface area contributed by atoms with Crippen LogP contribution in [0.4, 0.5) is 5.69 Å². The summed E-state index contributed by atoms with van der Waals surface area (Å²) >= 11 is 6.06. The summed E-state index contributed by atoms with van der Waals surface area (Å²) in [6.45, 7) is 3.09. The third kappa shape index (κ3) is 3.79. The number of hydrogen-bond acceptors (Lipinski definition) is 3. The molecule has 0 fully saturated rings. The third-order valence-corrected chi connectivity index (χ3v) is 2.96. The van der Waals surface area contributed by atoms with Crippen LogP contribution in [-0.2, 0) is 0 Å². The first-order valence-electron chi connectivity index (χ1n) is 5.76. The second-order valence-electron chi connectivity index (χ2n) is 4.13. The molecule has 0 saturated carbocycles. The predicted octanol–water partition coefficient (Wildman–Crippen LogP) is 2.87. The number of aliphatic hydroxyl groups is 1. The van der Waals surface area contributed by atoms with Gasteiger partial charge in [-0.25, -0.2) is 0 Å². The second-order valence-corrected chi connectivity index (χ2v) is 4.56. The van der Waals surface area contributed by atoms with E-state index in [-0.39, 0.29) is 6.61 Å². The molecule has 0 atom stereocenters. The van der Waals surface area contributed by atoms with Crippen LogP contribution in [0.5, 0.6) is 5.75 Å². The van der Waals surface area contributed by atoms with Gasteiger partial charge in [0.1, 0.15) is 5.75 Å². The highest BCUT2D eigenvalue weighted by atomic mass is 35.5. The van der Waals surface area contributed by atoms with Crippen molar-refractivity contribution in [1.29, 1.82) is 0 Å². The molecule has 0 aromatic heterocycles. The largest absolute Gasteiger partial charge is 0.494 e. The first-order valence-corrected chi connectivity index (χ1v) is 6.14. The number of aryl methyl sites for hydroxylation is 1. The van der Waals surface area contributed by atoms with Crippen molar-refractivity contribution in [3.05, 3.63) is 22.7 Å². The molecule has 96 valence electrons. The lowest BCUT2D eigenvalue weighted by Crippen LogP contribution is -2.19. The molecule has 17 heavy (non-hydrogen) atoms. The van der Waals surface area contributed by atoms with Crippen molar-refractivity contribution in [2.45, 2.75) is 19.8 Å². The number of nitrogens with zero attached hydrogens (tertiary/aromatic N) is 1. The zero-order valence-electron chi connectivity index (χ0n) is 10.7. The summed E-state index contributed by atoms with van der Waals surface area (Å²) in [7, 11) is 3.67. The quantitative estimate of drug-likeness (QED) is 0.796. The minimum Gasteiger partial charge on any atom is -0.494 e. The number of aliphatic hydroxyl groups excluding tert-OH is 1. The molecule has 3 nitrogen and oxygen atoms in total. The lowest BCUT2D eigenvalue weighted by Gasteiger charge is -2.23. The summed E-state index contributed by atoms with van der Waals surface area (Å²) in [4.78, 5) is 2.10. The van der Waals surface area contributed by atoms with Crippen molar-refractivity contribution >= 4 is 17.3 Å². The third-order valence-electron chi connectivity index (χ3n) is 2.74. The lowest BCUT2D eigenvalue weighted by atomic mass is 10.1. The second kappa shape index (κ2) is 6.72. The number of ether oxygens (including phenoxy) is 1. The summed E-state index contributed by atoms with van der Waals surface area (Å²) in [6.07, 6.45) is 1.76. The van der Waals surface area contributed by atoms with Gasteiger partial charge in [0.05, 0.1) is 12.8 Å². The van der Waals surface area contributed by atoms with Gasteiger partial charge in [0.15, 0.2) is 0 Å². The van der Waals surface area contributed by atoms with Gasteiger partial charge in [-0.3, -0.25) is 0 Å². The van der Waals surface area contributed by atoms with Crippen LogP contribution in [0.1, 0.15) is 18.4 Å². The van der Waals surface area contributed by atoms with Crippen molar-refractivity contribution in [2.24, 2.45) is 0 Å². The fraction of sp³-hybridized carbons (Fsp3) is 0.538. The molecule has 1 N–H and O–H groups in total. The molecule has 0 aliphatic carbocycles. The van der Waals surface area contributed by atoms with E-state index in [1.807, 2.05) is 26.1 Å². The molecule has 0 heterocycles. The maximum Gasteiger partial charge on any atom is 0.145 e. The Labute approximate surface area is 108 Å². The number of hydrogen-bond donors (Lipinski definition) is 1. The van der Waals surface area contributed by atoms with E-state index in [2.05, 4.69) is 4.90 Å². The summed E-state index contributed by atoms with van der Waals surface area (Å²) in [5.74, 6) is 0.862. The first-order chi connectivity index (χ1) is 8.10. The Kier molecular flexibility index (Phi) is 5.59. The van der Waals surface area contributed by atoms with Crippen molar-refractivity contribution in [3.63, 3.8) is 0 Å². The van der Waals surface area contributed by atoms with Crippen LogP contribution in [0.2, 0.25) is 5.02 Å². The van der Waals surface area contributed by atoms with Crippen LogP contribution in [-0.4, -0.2) is 32.4 Å². The fourth-order valence-corrected chi connectivity index (χ4v) is 2.11. The average molecular weight is 258 g/mol. The van der Waals surface area contributed by atoms with Crippen LogP contribution in [0.15, 0.2) is 12.1 Å². The normalized spacial score (nSPS) is 10.4. The van der Waals surface area contributed by atoms with E-state index in [0.717, 1.165) is 36.4 Å². The van der Waals surface area contributed by atoms with Crippen LogP contribution in [0.25, 0.3) is 0 Å². The van der Waals surface area contributed by atoms with E-state index in [1.165, 1.54) is 0 Å². The summed E-state index contributed by atoms with van der Waals surface area (Å²) < 4.78 is 5.41. The molecule has 0 bridgehead atoms. The number of rotatable bonds is 6. The zero-order valence-corrected chi connectivity index (χ0v) is 11.4. The van der Waals surface area contributed by atoms with Gasteiger partial charge >= 0.3 is 0 Å². The standard InChI is InChI=1S/C13H20ClNO2/c1-10-8-11(14)9-12(13(10)17-3)15(2)6-4-5-7-16/h8-9,16H,4-7H2,1-3H3. The number of anilines is 1. The molecule has 0 unspecified atom stereocenters. The lowest BCUT2D eigenvalue weighted by molar-refractivity contribution is 0.285. The number of unbranched alkanes of at least 4 members (excludes halogenated alkanes) is 1. The smallest absolute Gasteiger partial charge is 0.145 e. The van der Waals surface area contributed by atoms with Crippen LogP contribution >= 0.6 is 11.6 Å². The monoisotopic (exact) mass is 257 g/mol. The van der Waals surface area contributed by atoms with Crippen LogP contribution < -0.4 is 9.64 Å². The molecule has 0 saturated heterocycles. The molecule has 1 rings (SSSR count). The maximum atomic E-state index is 8.77.